The van der Waals surface area contributed by atoms with Gasteiger partial charge in [-0.2, -0.15) is 53.4 Å². The van der Waals surface area contributed by atoms with Crippen LogP contribution in [0.1, 0.15) is 18.3 Å². The Kier molecular flexibility index (Phi) is 4.72. The summed E-state index contributed by atoms with van der Waals surface area (Å²) in [5.41, 5.74) is -7.61. The molecule has 2 heterocycles. The van der Waals surface area contributed by atoms with Gasteiger partial charge in [-0.25, -0.2) is 4.68 Å². The van der Waals surface area contributed by atoms with Crippen molar-refractivity contribution in [2.75, 3.05) is 0 Å². The summed E-state index contributed by atoms with van der Waals surface area (Å²) >= 11 is 0. The molecule has 0 aliphatic carbocycles. The van der Waals surface area contributed by atoms with E-state index in [4.69, 9.17) is 0 Å². The molecule has 0 amide bonds. The van der Waals surface area contributed by atoms with Crippen molar-refractivity contribution in [2.24, 2.45) is 5.10 Å². The van der Waals surface area contributed by atoms with Crippen LogP contribution in [0.15, 0.2) is 16.9 Å². The van der Waals surface area contributed by atoms with E-state index in [1.54, 1.807) is 0 Å². The van der Waals surface area contributed by atoms with Gasteiger partial charge in [0.05, 0.1) is 5.69 Å². The molecule has 0 aromatic carbocycles. The lowest BCUT2D eigenvalue weighted by molar-refractivity contribution is -0.248. The van der Waals surface area contributed by atoms with Crippen molar-refractivity contribution in [1.82, 2.24) is 15.2 Å². The Morgan fingerprint density at radius 3 is 1.85 bits per heavy atom. The third-order valence-corrected chi connectivity index (χ3v) is 3.24. The Balaban J connectivity index is 2.83. The molecular weight excluding hydrogens is 409 g/mol. The Morgan fingerprint density at radius 1 is 0.889 bits per heavy atom. The molecule has 0 saturated heterocycles. The molecule has 1 aliphatic heterocycles. The van der Waals surface area contributed by atoms with Gasteiger partial charge in [0.25, 0.3) is 0 Å². The molecule has 1 aliphatic rings. The lowest BCUT2D eigenvalue weighted by Gasteiger charge is -2.22. The van der Waals surface area contributed by atoms with E-state index in [2.05, 4.69) is 15.6 Å². The van der Waals surface area contributed by atoms with Gasteiger partial charge in [-0.3, -0.25) is 0 Å². The van der Waals surface area contributed by atoms with Crippen LogP contribution in [0.25, 0.3) is 5.70 Å². The molecule has 0 unspecified atom stereocenters. The van der Waals surface area contributed by atoms with Crippen molar-refractivity contribution in [3.63, 3.8) is 0 Å². The molecule has 4 nitrogen and oxygen atoms in total. The van der Waals surface area contributed by atoms with E-state index in [0.717, 1.165) is 0 Å². The summed E-state index contributed by atoms with van der Waals surface area (Å²) in [6.45, 7) is 1.24. The fourth-order valence-corrected chi connectivity index (χ4v) is 2.02. The average Bonchev–Trinajstić information content (AvgIpc) is 3.08. The first-order valence-corrected chi connectivity index (χ1v) is 6.73. The molecule has 0 fully saturated rings. The standard InChI is InChI=1S/C12H6F11N4/c1-2-4-3-5(10(15,16)17)27(26-4)6-7(9(13,14)12(21,22)23)24-25-8(6)11(18,19)20/h3H,2H2,1H3. The second-order valence-corrected chi connectivity index (χ2v) is 5.10. The van der Waals surface area contributed by atoms with Crippen LogP contribution in [-0.2, 0) is 12.6 Å². The van der Waals surface area contributed by atoms with E-state index in [9.17, 15) is 48.3 Å². The fraction of sp³-hybridized carbons (Fsp3) is 0.500. The van der Waals surface area contributed by atoms with Crippen LogP contribution in [0.5, 0.6) is 0 Å². The summed E-state index contributed by atoms with van der Waals surface area (Å²) < 4.78 is 143. The Labute approximate surface area is 142 Å². The van der Waals surface area contributed by atoms with Crippen LogP contribution in [0.2, 0.25) is 0 Å². The van der Waals surface area contributed by atoms with Gasteiger partial charge in [-0.05, 0) is 12.5 Å². The molecule has 1 aromatic heterocycles. The second kappa shape index (κ2) is 6.09. The monoisotopic (exact) mass is 415 g/mol. The van der Waals surface area contributed by atoms with Crippen LogP contribution < -0.4 is 5.43 Å². The molecule has 0 atom stereocenters. The first-order valence-electron chi connectivity index (χ1n) is 6.73. The van der Waals surface area contributed by atoms with Gasteiger partial charge in [-0.15, -0.1) is 10.5 Å². The highest BCUT2D eigenvalue weighted by molar-refractivity contribution is 6.24. The lowest BCUT2D eigenvalue weighted by Crippen LogP contribution is -2.45. The average molecular weight is 415 g/mol. The molecule has 15 heteroatoms. The van der Waals surface area contributed by atoms with E-state index in [1.165, 1.54) is 6.92 Å². The van der Waals surface area contributed by atoms with E-state index >= 15 is 0 Å². The molecule has 1 aromatic rings. The van der Waals surface area contributed by atoms with E-state index < -0.39 is 57.6 Å². The van der Waals surface area contributed by atoms with Crippen LogP contribution in [-0.4, -0.2) is 33.8 Å². The van der Waals surface area contributed by atoms with Gasteiger partial charge in [0.15, 0.2) is 11.4 Å². The fourth-order valence-electron chi connectivity index (χ4n) is 2.02. The smallest absolute Gasteiger partial charge is 0.224 e. The normalized spacial score (nSPS) is 16.7. The van der Waals surface area contributed by atoms with E-state index in [0.29, 0.717) is 0 Å². The number of allylic oxidation sites excluding steroid dienone is 2. The van der Waals surface area contributed by atoms with Crippen LogP contribution in [0.3, 0.4) is 0 Å². The zero-order chi connectivity index (χ0) is 21.0. The molecular formula is C12H6F11N4. The number of rotatable bonds is 3. The molecule has 0 bridgehead atoms. The maximum atomic E-state index is 13.6. The Hall–Kier alpha value is -2.35. The number of alkyl halides is 11. The van der Waals surface area contributed by atoms with Crippen LogP contribution in [0, 0.1) is 0 Å². The first kappa shape index (κ1) is 21.0. The number of aromatic nitrogens is 2. The number of halogens is 11. The Morgan fingerprint density at radius 2 is 1.44 bits per heavy atom. The van der Waals surface area contributed by atoms with Crippen molar-refractivity contribution in [1.29, 1.82) is 0 Å². The van der Waals surface area contributed by atoms with Crippen molar-refractivity contribution in [3.05, 3.63) is 23.2 Å². The minimum absolute atomic E-state index is 0.225. The molecule has 27 heavy (non-hydrogen) atoms. The van der Waals surface area contributed by atoms with Gasteiger partial charge in [0.2, 0.25) is 0 Å². The number of hydrogen-bond acceptors (Lipinski definition) is 2. The van der Waals surface area contributed by atoms with Crippen LogP contribution in [0.4, 0.5) is 48.3 Å². The predicted octanol–water partition coefficient (Wildman–Crippen LogP) is 4.37. The third-order valence-electron chi connectivity index (χ3n) is 3.24. The third kappa shape index (κ3) is 3.58. The quantitative estimate of drug-likeness (QED) is 0.677. The number of nitrogens with zero attached hydrogens (tertiary/aromatic N) is 4. The number of hydrogen-bond donors (Lipinski definition) is 0. The maximum Gasteiger partial charge on any atom is 0.459 e. The summed E-state index contributed by atoms with van der Waals surface area (Å²) in [5.74, 6) is -6.01. The van der Waals surface area contributed by atoms with Gasteiger partial charge >= 0.3 is 24.5 Å². The Bertz CT molecular complexity index is 792. The van der Waals surface area contributed by atoms with Crippen LogP contribution >= 0.6 is 0 Å². The van der Waals surface area contributed by atoms with Crippen molar-refractivity contribution >= 4 is 11.4 Å². The molecule has 0 N–H and O–H groups in total. The van der Waals surface area contributed by atoms with Gasteiger partial charge in [-0.1, -0.05) is 6.92 Å². The lowest BCUT2D eigenvalue weighted by atomic mass is 10.1. The van der Waals surface area contributed by atoms with Gasteiger partial charge in [0, 0.05) is 0 Å². The minimum atomic E-state index is -6.44. The van der Waals surface area contributed by atoms with Gasteiger partial charge < -0.3 is 0 Å². The van der Waals surface area contributed by atoms with Gasteiger partial charge in [0.1, 0.15) is 11.4 Å². The highest BCUT2D eigenvalue weighted by Crippen LogP contribution is 2.45. The van der Waals surface area contributed by atoms with Crippen molar-refractivity contribution < 1.29 is 48.3 Å². The molecule has 1 radical (unpaired) electrons. The minimum Gasteiger partial charge on any atom is -0.224 e. The predicted molar refractivity (Wildman–Crippen MR) is 66.4 cm³/mol. The molecule has 0 spiro atoms. The second-order valence-electron chi connectivity index (χ2n) is 5.10. The zero-order valence-electron chi connectivity index (χ0n) is 12.7. The van der Waals surface area contributed by atoms with Crippen molar-refractivity contribution in [2.45, 2.75) is 37.8 Å². The SMILES string of the molecule is CCc1cc(C(F)(F)F)n(C2=C(C(F)(F)F)[N]N=C2C(F)(F)C(F)(F)F)n1. The summed E-state index contributed by atoms with van der Waals surface area (Å²) in [5, 5.41) is 5.27. The van der Waals surface area contributed by atoms with E-state index in [-0.39, 0.29) is 12.5 Å². The van der Waals surface area contributed by atoms with E-state index in [1.807, 2.05) is 0 Å². The summed E-state index contributed by atoms with van der Waals surface area (Å²) in [6, 6.07) is 0.225. The summed E-state index contributed by atoms with van der Waals surface area (Å²) in [6.07, 6.45) is -17.8. The van der Waals surface area contributed by atoms with Crippen molar-refractivity contribution in [3.8, 4) is 0 Å². The zero-order valence-corrected chi connectivity index (χ0v) is 12.7. The first-order chi connectivity index (χ1) is 12.0. The maximum absolute atomic E-state index is 13.6. The molecule has 0 saturated carbocycles. The molecule has 2 rings (SSSR count). The molecule has 151 valence electrons. The number of aryl methyl sites for hydroxylation is 1. The largest absolute Gasteiger partial charge is 0.459 e. The summed E-state index contributed by atoms with van der Waals surface area (Å²) in [7, 11) is 0. The summed E-state index contributed by atoms with van der Waals surface area (Å²) in [4.78, 5) is 0. The highest BCUT2D eigenvalue weighted by Gasteiger charge is 2.65. The topological polar surface area (TPSA) is 44.3 Å². The highest BCUT2D eigenvalue weighted by atomic mass is 19.4.